The van der Waals surface area contributed by atoms with Gasteiger partial charge in [0, 0.05) is 13.5 Å². The van der Waals surface area contributed by atoms with E-state index < -0.39 is 11.9 Å². The second-order valence-electron chi connectivity index (χ2n) is 6.10. The van der Waals surface area contributed by atoms with Gasteiger partial charge in [0.05, 0.1) is 23.4 Å². The zero-order valence-electron chi connectivity index (χ0n) is 15.4. The molecule has 0 fully saturated rings. The van der Waals surface area contributed by atoms with Crippen molar-refractivity contribution in [1.82, 2.24) is 4.90 Å². The molecule has 0 spiro atoms. The smallest absolute Gasteiger partial charge is 0.337 e. The molecule has 0 saturated carbocycles. The molecule has 2 aromatic carbocycles. The molecule has 2 aromatic rings. The summed E-state index contributed by atoms with van der Waals surface area (Å²) in [5.41, 5.74) is 2.56. The van der Waals surface area contributed by atoms with Crippen molar-refractivity contribution < 1.29 is 19.1 Å². The van der Waals surface area contributed by atoms with E-state index in [-0.39, 0.29) is 28.7 Å². The van der Waals surface area contributed by atoms with Gasteiger partial charge < -0.3 is 15.0 Å². The van der Waals surface area contributed by atoms with Crippen LogP contribution in [0.1, 0.15) is 28.4 Å². The SMILES string of the molecule is COC(=O)c1ccc(Cl)c(NC(=O)CN(Cc2cccc(C)c2)C(C)=O)c1. The van der Waals surface area contributed by atoms with Crippen molar-refractivity contribution >= 4 is 35.1 Å². The van der Waals surface area contributed by atoms with Crippen LogP contribution in [0.4, 0.5) is 5.69 Å². The molecule has 0 saturated heterocycles. The fourth-order valence-corrected chi connectivity index (χ4v) is 2.70. The van der Waals surface area contributed by atoms with Gasteiger partial charge in [-0.15, -0.1) is 0 Å². The molecule has 0 aliphatic rings. The minimum absolute atomic E-state index is 0.137. The predicted octanol–water partition coefficient (Wildman–Crippen LogP) is 3.42. The lowest BCUT2D eigenvalue weighted by Crippen LogP contribution is -2.36. The normalized spacial score (nSPS) is 10.2. The van der Waals surface area contributed by atoms with Crippen LogP contribution in [0.3, 0.4) is 0 Å². The Bertz CT molecular complexity index is 867. The van der Waals surface area contributed by atoms with Crippen molar-refractivity contribution in [2.75, 3.05) is 19.0 Å². The number of ether oxygens (including phenoxy) is 1. The number of hydrogen-bond donors (Lipinski definition) is 1. The highest BCUT2D eigenvalue weighted by atomic mass is 35.5. The van der Waals surface area contributed by atoms with Crippen LogP contribution in [-0.4, -0.2) is 36.3 Å². The summed E-state index contributed by atoms with van der Waals surface area (Å²) < 4.78 is 4.66. The molecule has 0 aliphatic carbocycles. The largest absolute Gasteiger partial charge is 0.465 e. The Hall–Kier alpha value is -2.86. The van der Waals surface area contributed by atoms with E-state index in [1.54, 1.807) is 0 Å². The summed E-state index contributed by atoms with van der Waals surface area (Å²) in [6, 6.07) is 12.2. The van der Waals surface area contributed by atoms with Gasteiger partial charge in [-0.05, 0) is 30.7 Å². The van der Waals surface area contributed by atoms with E-state index in [0.717, 1.165) is 11.1 Å². The van der Waals surface area contributed by atoms with Crippen molar-refractivity contribution in [2.24, 2.45) is 0 Å². The number of methoxy groups -OCH3 is 1. The zero-order valence-corrected chi connectivity index (χ0v) is 16.2. The predicted molar refractivity (Wildman–Crippen MR) is 104 cm³/mol. The number of esters is 1. The second kappa shape index (κ2) is 9.19. The molecule has 27 heavy (non-hydrogen) atoms. The minimum atomic E-state index is -0.535. The third-order valence-corrected chi connectivity index (χ3v) is 4.23. The molecular formula is C20H21ClN2O4. The van der Waals surface area contributed by atoms with Crippen LogP contribution in [0.25, 0.3) is 0 Å². The van der Waals surface area contributed by atoms with Crippen LogP contribution >= 0.6 is 11.6 Å². The molecule has 6 nitrogen and oxygen atoms in total. The molecule has 0 aromatic heterocycles. The number of aryl methyl sites for hydroxylation is 1. The van der Waals surface area contributed by atoms with E-state index in [4.69, 9.17) is 11.6 Å². The molecule has 1 N–H and O–H groups in total. The third kappa shape index (κ3) is 5.82. The number of halogens is 1. The molecule has 142 valence electrons. The number of hydrogen-bond acceptors (Lipinski definition) is 4. The van der Waals surface area contributed by atoms with Gasteiger partial charge >= 0.3 is 5.97 Å². The van der Waals surface area contributed by atoms with E-state index in [9.17, 15) is 14.4 Å². The molecule has 0 radical (unpaired) electrons. The lowest BCUT2D eigenvalue weighted by molar-refractivity contribution is -0.133. The highest BCUT2D eigenvalue weighted by molar-refractivity contribution is 6.33. The molecule has 0 unspecified atom stereocenters. The van der Waals surface area contributed by atoms with E-state index in [1.807, 2.05) is 31.2 Å². The summed E-state index contributed by atoms with van der Waals surface area (Å²) in [5.74, 6) is -1.17. The average Bonchev–Trinajstić information content (AvgIpc) is 2.62. The fraction of sp³-hybridized carbons (Fsp3) is 0.250. The summed E-state index contributed by atoms with van der Waals surface area (Å²) in [5, 5.41) is 2.92. The van der Waals surface area contributed by atoms with Gasteiger partial charge in [0.25, 0.3) is 0 Å². The van der Waals surface area contributed by atoms with Crippen molar-refractivity contribution in [3.05, 3.63) is 64.2 Å². The van der Waals surface area contributed by atoms with Crippen LogP contribution < -0.4 is 5.32 Å². The first kappa shape index (κ1) is 20.5. The zero-order chi connectivity index (χ0) is 20.0. The Morgan fingerprint density at radius 1 is 1.15 bits per heavy atom. The highest BCUT2D eigenvalue weighted by Gasteiger charge is 2.16. The van der Waals surface area contributed by atoms with Crippen molar-refractivity contribution in [1.29, 1.82) is 0 Å². The number of rotatable bonds is 6. The Labute approximate surface area is 163 Å². The molecule has 0 heterocycles. The van der Waals surface area contributed by atoms with Gasteiger partial charge in [-0.25, -0.2) is 4.79 Å². The van der Waals surface area contributed by atoms with Crippen LogP contribution in [0.15, 0.2) is 42.5 Å². The van der Waals surface area contributed by atoms with Crippen molar-refractivity contribution in [3.8, 4) is 0 Å². The monoisotopic (exact) mass is 388 g/mol. The van der Waals surface area contributed by atoms with Gasteiger partial charge in [-0.3, -0.25) is 9.59 Å². The molecule has 0 bridgehead atoms. The van der Waals surface area contributed by atoms with E-state index in [2.05, 4.69) is 10.1 Å². The first-order valence-corrected chi connectivity index (χ1v) is 8.66. The number of amides is 2. The van der Waals surface area contributed by atoms with Gasteiger partial charge in [0.2, 0.25) is 11.8 Å². The Balaban J connectivity index is 2.10. The van der Waals surface area contributed by atoms with Crippen LogP contribution in [0.2, 0.25) is 5.02 Å². The topological polar surface area (TPSA) is 75.7 Å². The summed E-state index contributed by atoms with van der Waals surface area (Å²) in [4.78, 5) is 37.4. The summed E-state index contributed by atoms with van der Waals surface area (Å²) in [7, 11) is 1.27. The Kier molecular flexibility index (Phi) is 6.96. The number of nitrogens with one attached hydrogen (secondary N) is 1. The number of anilines is 1. The van der Waals surface area contributed by atoms with E-state index >= 15 is 0 Å². The fourth-order valence-electron chi connectivity index (χ4n) is 2.54. The highest BCUT2D eigenvalue weighted by Crippen LogP contribution is 2.23. The third-order valence-electron chi connectivity index (χ3n) is 3.90. The van der Waals surface area contributed by atoms with E-state index in [0.29, 0.717) is 6.54 Å². The molecule has 2 rings (SSSR count). The van der Waals surface area contributed by atoms with Crippen molar-refractivity contribution in [2.45, 2.75) is 20.4 Å². The molecule has 2 amide bonds. The van der Waals surface area contributed by atoms with Crippen LogP contribution in [0.5, 0.6) is 0 Å². The first-order chi connectivity index (χ1) is 12.8. The molecular weight excluding hydrogens is 368 g/mol. The maximum absolute atomic E-state index is 12.4. The van der Waals surface area contributed by atoms with Gasteiger partial charge in [0.1, 0.15) is 6.54 Å². The second-order valence-corrected chi connectivity index (χ2v) is 6.51. The van der Waals surface area contributed by atoms with Gasteiger partial charge in [-0.2, -0.15) is 0 Å². The Morgan fingerprint density at radius 3 is 2.52 bits per heavy atom. The minimum Gasteiger partial charge on any atom is -0.465 e. The molecule has 7 heteroatoms. The van der Waals surface area contributed by atoms with Gasteiger partial charge in [0.15, 0.2) is 0 Å². The summed E-state index contributed by atoms with van der Waals surface area (Å²) >= 11 is 6.09. The number of benzene rings is 2. The molecule has 0 aliphatic heterocycles. The van der Waals surface area contributed by atoms with Crippen LogP contribution in [-0.2, 0) is 20.9 Å². The van der Waals surface area contributed by atoms with Crippen LogP contribution in [0, 0.1) is 6.92 Å². The average molecular weight is 389 g/mol. The number of nitrogens with zero attached hydrogens (tertiary/aromatic N) is 1. The quantitative estimate of drug-likeness (QED) is 0.769. The lowest BCUT2D eigenvalue weighted by Gasteiger charge is -2.21. The van der Waals surface area contributed by atoms with Gasteiger partial charge in [-0.1, -0.05) is 41.4 Å². The lowest BCUT2D eigenvalue weighted by atomic mass is 10.1. The first-order valence-electron chi connectivity index (χ1n) is 8.29. The number of carbonyl (C=O) groups is 3. The number of carbonyl (C=O) groups excluding carboxylic acids is 3. The standard InChI is InChI=1S/C20H21ClN2O4/c1-13-5-4-6-15(9-13)11-23(14(2)24)12-19(25)22-18-10-16(20(26)27-3)7-8-17(18)21/h4-10H,11-12H2,1-3H3,(H,22,25). The summed E-state index contributed by atoms with van der Waals surface area (Å²) in [6.45, 7) is 3.56. The van der Waals surface area contributed by atoms with E-state index in [1.165, 1.54) is 37.1 Å². The molecule has 0 atom stereocenters. The van der Waals surface area contributed by atoms with Crippen molar-refractivity contribution in [3.63, 3.8) is 0 Å². The maximum Gasteiger partial charge on any atom is 0.337 e. The Morgan fingerprint density at radius 2 is 1.89 bits per heavy atom. The summed E-state index contributed by atoms with van der Waals surface area (Å²) in [6.07, 6.45) is 0. The maximum atomic E-state index is 12.4.